The third kappa shape index (κ3) is 3.68. The zero-order valence-corrected chi connectivity index (χ0v) is 15.2. The second-order valence-electron chi connectivity index (χ2n) is 7.08. The van der Waals surface area contributed by atoms with Crippen LogP contribution >= 0.6 is 0 Å². The highest BCUT2D eigenvalue weighted by atomic mass is 32.2. The number of hydrogen-bond acceptors (Lipinski definition) is 4. The molecule has 2 fully saturated rings. The molecule has 0 saturated carbocycles. The Morgan fingerprint density at radius 3 is 2.35 bits per heavy atom. The lowest BCUT2D eigenvalue weighted by atomic mass is 9.86. The van der Waals surface area contributed by atoms with Crippen molar-refractivity contribution in [1.29, 1.82) is 0 Å². The highest BCUT2D eigenvalue weighted by Crippen LogP contribution is 2.35. The molecule has 23 heavy (non-hydrogen) atoms. The Bertz CT molecular complexity index is 590. The molecule has 132 valence electrons. The molecular formula is C15H27N3O4S. The van der Waals surface area contributed by atoms with Gasteiger partial charge in [-0.3, -0.25) is 9.59 Å². The molecule has 2 amide bonds. The summed E-state index contributed by atoms with van der Waals surface area (Å²) in [7, 11) is -1.62. The quantitative estimate of drug-likeness (QED) is 0.720. The maximum atomic E-state index is 12.4. The molecule has 0 N–H and O–H groups in total. The van der Waals surface area contributed by atoms with Crippen molar-refractivity contribution in [3.8, 4) is 0 Å². The van der Waals surface area contributed by atoms with Gasteiger partial charge in [-0.05, 0) is 6.92 Å². The third-order valence-electron chi connectivity index (χ3n) is 4.75. The maximum Gasteiger partial charge on any atom is 0.225 e. The van der Waals surface area contributed by atoms with Gasteiger partial charge in [-0.2, -0.15) is 4.31 Å². The lowest BCUT2D eigenvalue weighted by molar-refractivity contribution is -0.135. The summed E-state index contributed by atoms with van der Waals surface area (Å²) in [6.45, 7) is 7.22. The number of rotatable bonds is 3. The Labute approximate surface area is 138 Å². The standard InChI is InChI=1S/C15H27N3O4S/c1-5-23(21,22)18-7-6-17(14(20)12(2)3)10-15(11-18)8-13(19)16(4)9-15/h12H,5-11H2,1-4H3. The van der Waals surface area contributed by atoms with E-state index in [2.05, 4.69) is 0 Å². The summed E-state index contributed by atoms with van der Waals surface area (Å²) in [5, 5.41) is 0. The topological polar surface area (TPSA) is 78.0 Å². The van der Waals surface area contributed by atoms with Gasteiger partial charge in [0.15, 0.2) is 0 Å². The van der Waals surface area contributed by atoms with E-state index < -0.39 is 15.4 Å². The van der Waals surface area contributed by atoms with Gasteiger partial charge < -0.3 is 9.80 Å². The molecule has 8 heteroatoms. The van der Waals surface area contributed by atoms with Gasteiger partial charge in [-0.25, -0.2) is 8.42 Å². The Morgan fingerprint density at radius 1 is 1.22 bits per heavy atom. The number of amides is 2. The van der Waals surface area contributed by atoms with Crippen molar-refractivity contribution >= 4 is 21.8 Å². The van der Waals surface area contributed by atoms with Crippen LogP contribution in [0.3, 0.4) is 0 Å². The molecule has 2 saturated heterocycles. The second-order valence-corrected chi connectivity index (χ2v) is 9.33. The summed E-state index contributed by atoms with van der Waals surface area (Å²) >= 11 is 0. The van der Waals surface area contributed by atoms with Gasteiger partial charge in [0.1, 0.15) is 0 Å². The second kappa shape index (κ2) is 6.39. The fourth-order valence-corrected chi connectivity index (χ4v) is 4.70. The molecular weight excluding hydrogens is 318 g/mol. The van der Waals surface area contributed by atoms with Crippen molar-refractivity contribution < 1.29 is 18.0 Å². The minimum atomic E-state index is -3.35. The lowest BCUT2D eigenvalue weighted by Gasteiger charge is -2.33. The van der Waals surface area contributed by atoms with Crippen LogP contribution in [-0.2, 0) is 19.6 Å². The number of carbonyl (C=O) groups excluding carboxylic acids is 2. The third-order valence-corrected chi connectivity index (χ3v) is 6.57. The monoisotopic (exact) mass is 345 g/mol. The van der Waals surface area contributed by atoms with Crippen LogP contribution in [0.5, 0.6) is 0 Å². The fraction of sp³-hybridized carbons (Fsp3) is 0.867. The van der Waals surface area contributed by atoms with Crippen molar-refractivity contribution in [1.82, 2.24) is 14.1 Å². The highest BCUT2D eigenvalue weighted by Gasteiger charge is 2.47. The molecule has 2 aliphatic heterocycles. The average Bonchev–Trinajstić information content (AvgIpc) is 2.64. The van der Waals surface area contributed by atoms with Gasteiger partial charge in [0, 0.05) is 57.5 Å². The average molecular weight is 345 g/mol. The zero-order valence-electron chi connectivity index (χ0n) is 14.4. The van der Waals surface area contributed by atoms with E-state index in [1.54, 1.807) is 23.8 Å². The van der Waals surface area contributed by atoms with Gasteiger partial charge in [0.2, 0.25) is 21.8 Å². The summed E-state index contributed by atoms with van der Waals surface area (Å²) in [4.78, 5) is 27.9. The molecule has 1 atom stereocenters. The van der Waals surface area contributed by atoms with E-state index in [0.29, 0.717) is 39.1 Å². The molecule has 0 bridgehead atoms. The predicted molar refractivity (Wildman–Crippen MR) is 87.1 cm³/mol. The molecule has 0 aromatic heterocycles. The lowest BCUT2D eigenvalue weighted by Crippen LogP contribution is -2.46. The molecule has 0 aliphatic carbocycles. The molecule has 2 rings (SSSR count). The van der Waals surface area contributed by atoms with Gasteiger partial charge in [0.05, 0.1) is 5.75 Å². The molecule has 0 radical (unpaired) electrons. The van der Waals surface area contributed by atoms with E-state index in [1.165, 1.54) is 4.31 Å². The largest absolute Gasteiger partial charge is 0.345 e. The first kappa shape index (κ1) is 18.2. The smallest absolute Gasteiger partial charge is 0.225 e. The van der Waals surface area contributed by atoms with Gasteiger partial charge in [-0.1, -0.05) is 13.8 Å². The first-order chi connectivity index (χ1) is 10.6. The molecule has 1 unspecified atom stereocenters. The van der Waals surface area contributed by atoms with Crippen LogP contribution in [0.15, 0.2) is 0 Å². The van der Waals surface area contributed by atoms with E-state index in [0.717, 1.165) is 0 Å². The Kier molecular flexibility index (Phi) is 5.06. The van der Waals surface area contributed by atoms with E-state index in [9.17, 15) is 18.0 Å². The summed E-state index contributed by atoms with van der Waals surface area (Å²) in [5.74, 6) is -0.0821. The summed E-state index contributed by atoms with van der Waals surface area (Å²) in [6.07, 6.45) is 0.293. The number of carbonyl (C=O) groups is 2. The van der Waals surface area contributed by atoms with Crippen LogP contribution in [-0.4, -0.2) is 79.9 Å². The van der Waals surface area contributed by atoms with Crippen LogP contribution in [0.25, 0.3) is 0 Å². The summed E-state index contributed by atoms with van der Waals surface area (Å²) in [6, 6.07) is 0. The molecule has 7 nitrogen and oxygen atoms in total. The number of hydrogen-bond donors (Lipinski definition) is 0. The Morgan fingerprint density at radius 2 is 1.87 bits per heavy atom. The fourth-order valence-electron chi connectivity index (χ4n) is 3.51. The van der Waals surface area contributed by atoms with E-state index >= 15 is 0 Å². The van der Waals surface area contributed by atoms with Crippen LogP contribution < -0.4 is 0 Å². The normalized spacial score (nSPS) is 27.1. The van der Waals surface area contributed by atoms with Gasteiger partial charge in [-0.15, -0.1) is 0 Å². The minimum absolute atomic E-state index is 0.0118. The molecule has 0 aromatic carbocycles. The maximum absolute atomic E-state index is 12.4. The van der Waals surface area contributed by atoms with Crippen LogP contribution in [0.2, 0.25) is 0 Å². The van der Waals surface area contributed by atoms with Crippen molar-refractivity contribution in [3.63, 3.8) is 0 Å². The predicted octanol–water partition coefficient (Wildman–Crippen LogP) is -0.0152. The number of sulfonamides is 1. The number of nitrogens with zero attached hydrogens (tertiary/aromatic N) is 3. The molecule has 2 aliphatic rings. The zero-order chi connectivity index (χ0) is 17.4. The number of likely N-dealkylation sites (tertiary alicyclic amines) is 1. The minimum Gasteiger partial charge on any atom is -0.345 e. The van der Waals surface area contributed by atoms with E-state index in [1.807, 2.05) is 13.8 Å². The Hall–Kier alpha value is -1.15. The van der Waals surface area contributed by atoms with Crippen LogP contribution in [0, 0.1) is 11.3 Å². The summed E-state index contributed by atoms with van der Waals surface area (Å²) in [5.41, 5.74) is -0.505. The molecule has 1 spiro atoms. The highest BCUT2D eigenvalue weighted by molar-refractivity contribution is 7.89. The first-order valence-corrected chi connectivity index (χ1v) is 9.72. The SMILES string of the molecule is CCS(=O)(=O)N1CCN(C(=O)C(C)C)CC2(CC(=O)N(C)C2)C1. The molecule has 2 heterocycles. The summed E-state index contributed by atoms with van der Waals surface area (Å²) < 4.78 is 26.2. The van der Waals surface area contributed by atoms with E-state index in [4.69, 9.17) is 0 Å². The van der Waals surface area contributed by atoms with Crippen molar-refractivity contribution in [2.24, 2.45) is 11.3 Å². The van der Waals surface area contributed by atoms with Crippen molar-refractivity contribution in [2.75, 3.05) is 45.5 Å². The van der Waals surface area contributed by atoms with Gasteiger partial charge >= 0.3 is 0 Å². The van der Waals surface area contributed by atoms with Crippen LogP contribution in [0.4, 0.5) is 0 Å². The first-order valence-electron chi connectivity index (χ1n) is 8.11. The van der Waals surface area contributed by atoms with Crippen LogP contribution in [0.1, 0.15) is 27.2 Å². The molecule has 0 aromatic rings. The van der Waals surface area contributed by atoms with Crippen molar-refractivity contribution in [2.45, 2.75) is 27.2 Å². The van der Waals surface area contributed by atoms with E-state index in [-0.39, 0.29) is 23.5 Å². The van der Waals surface area contributed by atoms with Crippen molar-refractivity contribution in [3.05, 3.63) is 0 Å². The van der Waals surface area contributed by atoms with Gasteiger partial charge in [0.25, 0.3) is 0 Å². The Balaban J connectivity index is 2.34.